The van der Waals surface area contributed by atoms with Crippen LogP contribution < -0.4 is 0 Å². The number of Topliss-reactive ketones (excluding diaryl/α,β-unsaturated/α-hetero) is 1. The van der Waals surface area contributed by atoms with Crippen LogP contribution in [0.3, 0.4) is 0 Å². The van der Waals surface area contributed by atoms with Gasteiger partial charge in [-0.2, -0.15) is 5.26 Å². The lowest BCUT2D eigenvalue weighted by Crippen LogP contribution is -2.45. The highest BCUT2D eigenvalue weighted by atomic mass is 19.1. The number of hydrogen-bond acceptors (Lipinski definition) is 3. The number of carbonyl (C=O) groups excluding carboxylic acids is 1. The number of ketones is 1. The van der Waals surface area contributed by atoms with Gasteiger partial charge in [-0.25, -0.2) is 9.37 Å². The molecule has 0 fully saturated rings. The van der Waals surface area contributed by atoms with E-state index >= 15 is 0 Å². The van der Waals surface area contributed by atoms with Gasteiger partial charge in [0.15, 0.2) is 5.78 Å². The number of aromatic nitrogens is 2. The molecule has 2 aliphatic carbocycles. The van der Waals surface area contributed by atoms with Crippen molar-refractivity contribution in [2.45, 2.75) is 32.1 Å². The zero-order valence-electron chi connectivity index (χ0n) is 20.8. The maximum Gasteiger partial charge on any atom is 0.176 e. The molecule has 0 radical (unpaired) electrons. The van der Waals surface area contributed by atoms with Crippen molar-refractivity contribution in [3.8, 4) is 34.3 Å². The highest BCUT2D eigenvalue weighted by Crippen LogP contribution is 2.50. The van der Waals surface area contributed by atoms with E-state index in [2.05, 4.69) is 41.8 Å². The van der Waals surface area contributed by atoms with Gasteiger partial charge < -0.3 is 0 Å². The second-order valence-electron chi connectivity index (χ2n) is 10.2. The minimum atomic E-state index is -0.573. The summed E-state index contributed by atoms with van der Waals surface area (Å²) in [7, 11) is 0. The summed E-state index contributed by atoms with van der Waals surface area (Å²) in [6, 6.07) is 27.1. The fourth-order valence-corrected chi connectivity index (χ4v) is 6.27. The number of fused-ring (bicyclic) bond motifs is 3. The van der Waals surface area contributed by atoms with E-state index in [9.17, 15) is 14.4 Å². The topological polar surface area (TPSA) is 58.7 Å². The lowest BCUT2D eigenvalue weighted by Gasteiger charge is -2.44. The zero-order chi connectivity index (χ0) is 25.7. The van der Waals surface area contributed by atoms with Gasteiger partial charge in [0.1, 0.15) is 17.7 Å². The fourth-order valence-electron chi connectivity index (χ4n) is 6.27. The van der Waals surface area contributed by atoms with Crippen molar-refractivity contribution in [2.75, 3.05) is 0 Å². The number of allylic oxidation sites excluding steroid dienone is 2. The number of imidazole rings is 1. The number of rotatable bonds is 3. The Morgan fingerprint density at radius 2 is 1.73 bits per heavy atom. The summed E-state index contributed by atoms with van der Waals surface area (Å²) in [5.74, 6) is 0.110. The SMILES string of the molecule is C[C@H]1C(=O)C(C#N)=C[C@@]2(C)c3nc(-c4cccc(-c5ccccc5)c4)n(-c4cccc(F)c4)c3CC[C@H]12. The number of nitriles is 1. The summed E-state index contributed by atoms with van der Waals surface area (Å²) < 4.78 is 16.5. The maximum atomic E-state index is 14.4. The summed E-state index contributed by atoms with van der Waals surface area (Å²) in [5, 5.41) is 9.71. The Morgan fingerprint density at radius 1 is 1.00 bits per heavy atom. The first-order valence-electron chi connectivity index (χ1n) is 12.6. The summed E-state index contributed by atoms with van der Waals surface area (Å²) in [4.78, 5) is 18.1. The Morgan fingerprint density at radius 3 is 2.49 bits per heavy atom. The van der Waals surface area contributed by atoms with Crippen molar-refractivity contribution in [1.82, 2.24) is 9.55 Å². The quantitative estimate of drug-likeness (QED) is 0.318. The van der Waals surface area contributed by atoms with Crippen LogP contribution >= 0.6 is 0 Å². The van der Waals surface area contributed by atoms with Crippen molar-refractivity contribution < 1.29 is 9.18 Å². The molecular weight excluding hydrogens is 461 g/mol. The van der Waals surface area contributed by atoms with Gasteiger partial charge in [-0.05, 0) is 54.2 Å². The lowest BCUT2D eigenvalue weighted by molar-refractivity contribution is -0.121. The number of halogens is 1. The molecule has 3 aromatic carbocycles. The monoisotopic (exact) mass is 487 g/mol. The Balaban J connectivity index is 1.61. The number of carbonyl (C=O) groups is 1. The Hall–Kier alpha value is -4.30. The molecule has 182 valence electrons. The molecular formula is C32H26FN3O. The summed E-state index contributed by atoms with van der Waals surface area (Å²) in [6.07, 6.45) is 3.33. The third-order valence-corrected chi connectivity index (χ3v) is 8.09. The van der Waals surface area contributed by atoms with Crippen molar-refractivity contribution in [3.05, 3.63) is 108 Å². The lowest BCUT2D eigenvalue weighted by atomic mass is 9.58. The summed E-state index contributed by atoms with van der Waals surface area (Å²) >= 11 is 0. The average molecular weight is 488 g/mol. The minimum Gasteiger partial charge on any atom is -0.296 e. The molecule has 5 heteroatoms. The van der Waals surface area contributed by atoms with Crippen LogP contribution in [0.25, 0.3) is 28.2 Å². The number of nitrogens with zero attached hydrogens (tertiary/aromatic N) is 3. The van der Waals surface area contributed by atoms with Crippen LogP contribution in [0.4, 0.5) is 4.39 Å². The highest BCUT2D eigenvalue weighted by molar-refractivity contribution is 6.02. The molecule has 1 heterocycles. The second-order valence-corrected chi connectivity index (χ2v) is 10.2. The first-order chi connectivity index (χ1) is 17.9. The molecule has 0 spiro atoms. The molecule has 0 N–H and O–H groups in total. The van der Waals surface area contributed by atoms with Crippen molar-refractivity contribution in [3.63, 3.8) is 0 Å². The molecule has 3 atom stereocenters. The van der Waals surface area contributed by atoms with E-state index in [-0.39, 0.29) is 29.0 Å². The molecule has 0 aliphatic heterocycles. The molecule has 37 heavy (non-hydrogen) atoms. The van der Waals surface area contributed by atoms with Gasteiger partial charge in [-0.1, -0.05) is 74.5 Å². The molecule has 0 amide bonds. The molecule has 4 aromatic rings. The van der Waals surface area contributed by atoms with Gasteiger partial charge in [-0.3, -0.25) is 9.36 Å². The van der Waals surface area contributed by atoms with Crippen molar-refractivity contribution in [2.24, 2.45) is 11.8 Å². The number of hydrogen-bond donors (Lipinski definition) is 0. The van der Waals surface area contributed by atoms with E-state index in [1.54, 1.807) is 6.07 Å². The maximum absolute atomic E-state index is 14.4. The molecule has 0 bridgehead atoms. The van der Waals surface area contributed by atoms with Gasteiger partial charge in [0, 0.05) is 22.6 Å². The van der Waals surface area contributed by atoms with Gasteiger partial charge in [0.2, 0.25) is 0 Å². The van der Waals surface area contributed by atoms with Crippen LogP contribution in [0, 0.1) is 29.0 Å². The highest BCUT2D eigenvalue weighted by Gasteiger charge is 2.50. The minimum absolute atomic E-state index is 0.0453. The van der Waals surface area contributed by atoms with Crippen LogP contribution in [-0.4, -0.2) is 15.3 Å². The Labute approximate surface area is 215 Å². The third kappa shape index (κ3) is 3.64. The Bertz CT molecular complexity index is 1610. The third-order valence-electron chi connectivity index (χ3n) is 8.09. The first kappa shape index (κ1) is 23.1. The van der Waals surface area contributed by atoms with Crippen molar-refractivity contribution >= 4 is 5.78 Å². The van der Waals surface area contributed by atoms with Crippen LogP contribution in [0.2, 0.25) is 0 Å². The normalized spacial score (nSPS) is 22.5. The number of benzene rings is 3. The molecule has 0 unspecified atom stereocenters. The standard InChI is InChI=1S/C32H26FN3O/c1-20-27-14-15-28-30(32(27,2)18-24(19-34)29(20)37)35-31(36(28)26-13-7-12-25(33)17-26)23-11-6-10-22(16-23)21-8-4-3-5-9-21/h3-13,16-18,20,27H,14-15H2,1-2H3/t20-,27-,32-/m1/s1. The summed E-state index contributed by atoms with van der Waals surface area (Å²) in [5.41, 5.74) is 5.29. The van der Waals surface area contributed by atoms with Gasteiger partial charge in [-0.15, -0.1) is 0 Å². The van der Waals surface area contributed by atoms with Crippen LogP contribution in [0.5, 0.6) is 0 Å². The molecule has 1 aromatic heterocycles. The molecule has 2 aliphatic rings. The smallest absolute Gasteiger partial charge is 0.176 e. The first-order valence-corrected chi connectivity index (χ1v) is 12.6. The molecule has 6 rings (SSSR count). The van der Waals surface area contributed by atoms with E-state index in [4.69, 9.17) is 4.98 Å². The van der Waals surface area contributed by atoms with Crippen molar-refractivity contribution in [1.29, 1.82) is 5.26 Å². The molecule has 0 saturated carbocycles. The second kappa shape index (κ2) is 8.67. The predicted octanol–water partition coefficient (Wildman–Crippen LogP) is 6.83. The zero-order valence-corrected chi connectivity index (χ0v) is 20.8. The van der Waals surface area contributed by atoms with Gasteiger partial charge in [0.25, 0.3) is 0 Å². The van der Waals surface area contributed by atoms with Crippen LogP contribution in [0.15, 0.2) is 90.5 Å². The van der Waals surface area contributed by atoms with Gasteiger partial charge >= 0.3 is 0 Å². The van der Waals surface area contributed by atoms with E-state index in [0.29, 0.717) is 12.1 Å². The fraction of sp³-hybridized carbons (Fsp3) is 0.219. The summed E-state index contributed by atoms with van der Waals surface area (Å²) in [6.45, 7) is 4.01. The molecule has 0 saturated heterocycles. The largest absolute Gasteiger partial charge is 0.296 e. The predicted molar refractivity (Wildman–Crippen MR) is 141 cm³/mol. The average Bonchev–Trinajstić information content (AvgIpc) is 3.32. The van der Waals surface area contributed by atoms with E-state index in [1.807, 2.05) is 49.4 Å². The van der Waals surface area contributed by atoms with E-state index in [1.165, 1.54) is 12.1 Å². The van der Waals surface area contributed by atoms with Gasteiger partial charge in [0.05, 0.1) is 17.0 Å². The Kier molecular flexibility index (Phi) is 5.42. The molecule has 4 nitrogen and oxygen atoms in total. The van der Waals surface area contributed by atoms with Crippen LogP contribution in [0.1, 0.15) is 31.7 Å². The van der Waals surface area contributed by atoms with Crippen LogP contribution in [-0.2, 0) is 16.6 Å². The van der Waals surface area contributed by atoms with E-state index < -0.39 is 5.41 Å². The van der Waals surface area contributed by atoms with E-state index in [0.717, 1.165) is 40.3 Å².